The summed E-state index contributed by atoms with van der Waals surface area (Å²) in [5, 5.41) is 9.30. The van der Waals surface area contributed by atoms with E-state index in [1.807, 2.05) is 17.9 Å². The Morgan fingerprint density at radius 3 is 2.26 bits per heavy atom. The summed E-state index contributed by atoms with van der Waals surface area (Å²) >= 11 is 0. The highest BCUT2D eigenvalue weighted by Gasteiger charge is 2.24. The molecule has 0 rings (SSSR count). The third-order valence-corrected chi connectivity index (χ3v) is 4.93. The molecule has 0 aliphatic carbocycles. The Labute approximate surface area is 143 Å². The highest BCUT2D eigenvalue weighted by molar-refractivity contribution is 5.77. The molecular formula is C19H39N2O2+. The maximum absolute atomic E-state index is 12.3. The number of carbonyl (C=O) groups excluding carboxylic acids is 1. The molecule has 0 spiro atoms. The van der Waals surface area contributed by atoms with Gasteiger partial charge in [0.1, 0.15) is 6.54 Å². The van der Waals surface area contributed by atoms with Crippen molar-refractivity contribution in [2.75, 3.05) is 45.9 Å². The normalized spacial score (nSPS) is 12.0. The summed E-state index contributed by atoms with van der Waals surface area (Å²) in [4.78, 5) is 14.3. The predicted molar refractivity (Wildman–Crippen MR) is 98.3 cm³/mol. The minimum absolute atomic E-state index is 0.211. The first kappa shape index (κ1) is 22.1. The number of unbranched alkanes of at least 4 members (excludes halogenated alkanes) is 3. The van der Waals surface area contributed by atoms with Gasteiger partial charge < -0.3 is 14.5 Å². The van der Waals surface area contributed by atoms with E-state index in [2.05, 4.69) is 26.8 Å². The fourth-order valence-electron chi connectivity index (χ4n) is 2.92. The van der Waals surface area contributed by atoms with Crippen LogP contribution in [0.1, 0.15) is 59.8 Å². The lowest BCUT2D eigenvalue weighted by Crippen LogP contribution is -2.53. The van der Waals surface area contributed by atoms with E-state index in [1.165, 1.54) is 19.3 Å². The largest absolute Gasteiger partial charge is 0.391 e. The fourth-order valence-corrected chi connectivity index (χ4v) is 2.92. The number of allylic oxidation sites excluding steroid dienone is 1. The van der Waals surface area contributed by atoms with E-state index in [0.29, 0.717) is 6.42 Å². The van der Waals surface area contributed by atoms with Crippen molar-refractivity contribution in [2.45, 2.75) is 59.8 Å². The van der Waals surface area contributed by atoms with Gasteiger partial charge in [0, 0.05) is 13.0 Å². The van der Waals surface area contributed by atoms with Gasteiger partial charge in [-0.2, -0.15) is 0 Å². The Kier molecular flexibility index (Phi) is 13.0. The molecule has 0 bridgehead atoms. The standard InChI is InChI=1S/C19H39N2O2/c1-5-9-10-11-12-13-14-19(23)20(6-2)15-16-21(7-3,8-4)17-18-22/h12-13,22H,5-11,14-18H2,1-4H3/q+1/b13-12+. The number of carbonyl (C=O) groups is 1. The molecule has 0 radical (unpaired) electrons. The molecule has 0 aromatic rings. The average molecular weight is 328 g/mol. The summed E-state index contributed by atoms with van der Waals surface area (Å²) < 4.78 is 0.882. The van der Waals surface area contributed by atoms with Gasteiger partial charge in [-0.15, -0.1) is 0 Å². The van der Waals surface area contributed by atoms with Crippen molar-refractivity contribution < 1.29 is 14.4 Å². The maximum Gasteiger partial charge on any atom is 0.226 e. The van der Waals surface area contributed by atoms with E-state index in [9.17, 15) is 9.90 Å². The first-order chi connectivity index (χ1) is 11.1. The Bertz CT molecular complexity index is 325. The Balaban J connectivity index is 4.33. The first-order valence-corrected chi connectivity index (χ1v) is 9.47. The Hall–Kier alpha value is -0.870. The molecular weight excluding hydrogens is 288 g/mol. The van der Waals surface area contributed by atoms with Crippen molar-refractivity contribution >= 4 is 5.91 Å². The fraction of sp³-hybridized carbons (Fsp3) is 0.842. The molecule has 0 unspecified atom stereocenters. The van der Waals surface area contributed by atoms with Gasteiger partial charge >= 0.3 is 0 Å². The van der Waals surface area contributed by atoms with Gasteiger partial charge in [-0.3, -0.25) is 4.79 Å². The number of hydrogen-bond acceptors (Lipinski definition) is 2. The van der Waals surface area contributed by atoms with Crippen LogP contribution in [0.15, 0.2) is 12.2 Å². The monoisotopic (exact) mass is 327 g/mol. The molecule has 0 saturated carbocycles. The third-order valence-electron chi connectivity index (χ3n) is 4.93. The summed E-state index contributed by atoms with van der Waals surface area (Å²) in [6.07, 6.45) is 9.47. The summed E-state index contributed by atoms with van der Waals surface area (Å²) in [7, 11) is 0. The lowest BCUT2D eigenvalue weighted by molar-refractivity contribution is -0.924. The van der Waals surface area contributed by atoms with Gasteiger partial charge in [0.2, 0.25) is 5.91 Å². The van der Waals surface area contributed by atoms with Crippen molar-refractivity contribution in [3.63, 3.8) is 0 Å². The number of likely N-dealkylation sites (N-methyl/N-ethyl adjacent to an activating group) is 2. The lowest BCUT2D eigenvalue weighted by atomic mass is 10.2. The first-order valence-electron chi connectivity index (χ1n) is 9.47. The molecule has 136 valence electrons. The Morgan fingerprint density at radius 2 is 1.74 bits per heavy atom. The third kappa shape index (κ3) is 9.11. The van der Waals surface area contributed by atoms with Crippen molar-refractivity contribution in [3.8, 4) is 0 Å². The molecule has 23 heavy (non-hydrogen) atoms. The highest BCUT2D eigenvalue weighted by atomic mass is 16.3. The quantitative estimate of drug-likeness (QED) is 0.302. The second-order valence-electron chi connectivity index (χ2n) is 6.29. The van der Waals surface area contributed by atoms with Gasteiger partial charge in [-0.05, 0) is 33.6 Å². The minimum atomic E-state index is 0.211. The number of nitrogens with zero attached hydrogens (tertiary/aromatic N) is 2. The lowest BCUT2D eigenvalue weighted by Gasteiger charge is -2.38. The molecule has 4 nitrogen and oxygen atoms in total. The van der Waals surface area contributed by atoms with Crippen LogP contribution in [0.3, 0.4) is 0 Å². The predicted octanol–water partition coefficient (Wildman–Crippen LogP) is 3.21. The van der Waals surface area contributed by atoms with E-state index < -0.39 is 0 Å². The smallest absolute Gasteiger partial charge is 0.226 e. The minimum Gasteiger partial charge on any atom is -0.391 e. The van der Waals surface area contributed by atoms with Crippen LogP contribution in [0.2, 0.25) is 0 Å². The molecule has 0 aliphatic rings. The van der Waals surface area contributed by atoms with E-state index in [4.69, 9.17) is 0 Å². The van der Waals surface area contributed by atoms with Gasteiger partial charge in [0.15, 0.2) is 0 Å². The second kappa shape index (κ2) is 13.6. The van der Waals surface area contributed by atoms with Crippen LogP contribution < -0.4 is 0 Å². The number of hydrogen-bond donors (Lipinski definition) is 1. The highest BCUT2D eigenvalue weighted by Crippen LogP contribution is 2.08. The maximum atomic E-state index is 12.3. The van der Waals surface area contributed by atoms with Gasteiger partial charge in [0.25, 0.3) is 0 Å². The van der Waals surface area contributed by atoms with Crippen LogP contribution in [-0.2, 0) is 4.79 Å². The Morgan fingerprint density at radius 1 is 1.04 bits per heavy atom. The van der Waals surface area contributed by atoms with Gasteiger partial charge in [0.05, 0.1) is 32.8 Å². The molecule has 0 fully saturated rings. The van der Waals surface area contributed by atoms with Gasteiger partial charge in [-0.1, -0.05) is 31.9 Å². The molecule has 0 aromatic heterocycles. The molecule has 1 amide bonds. The SMILES string of the molecule is CCCCC/C=C/CC(=O)N(CC)CC[N+](CC)(CC)CCO. The van der Waals surface area contributed by atoms with Crippen molar-refractivity contribution in [2.24, 2.45) is 0 Å². The molecule has 0 heterocycles. The van der Waals surface area contributed by atoms with Crippen LogP contribution in [0.4, 0.5) is 0 Å². The van der Waals surface area contributed by atoms with E-state index in [0.717, 1.165) is 50.2 Å². The molecule has 0 aromatic carbocycles. The zero-order valence-electron chi connectivity index (χ0n) is 15.9. The number of amides is 1. The van der Waals surface area contributed by atoms with Crippen LogP contribution in [0.5, 0.6) is 0 Å². The molecule has 0 atom stereocenters. The zero-order chi connectivity index (χ0) is 17.6. The number of aliphatic hydroxyl groups is 1. The van der Waals surface area contributed by atoms with Crippen LogP contribution in [-0.4, -0.2) is 66.3 Å². The van der Waals surface area contributed by atoms with E-state index >= 15 is 0 Å². The zero-order valence-corrected chi connectivity index (χ0v) is 15.9. The summed E-state index contributed by atoms with van der Waals surface area (Å²) in [6, 6.07) is 0. The van der Waals surface area contributed by atoms with Crippen molar-refractivity contribution in [3.05, 3.63) is 12.2 Å². The van der Waals surface area contributed by atoms with Crippen LogP contribution in [0.25, 0.3) is 0 Å². The van der Waals surface area contributed by atoms with Crippen LogP contribution in [0, 0.1) is 0 Å². The van der Waals surface area contributed by atoms with Crippen LogP contribution >= 0.6 is 0 Å². The second-order valence-corrected chi connectivity index (χ2v) is 6.29. The molecule has 4 heteroatoms. The average Bonchev–Trinajstić information content (AvgIpc) is 2.57. The molecule has 1 N–H and O–H groups in total. The summed E-state index contributed by atoms with van der Waals surface area (Å²) in [5.74, 6) is 0.216. The number of rotatable bonds is 14. The van der Waals surface area contributed by atoms with Gasteiger partial charge in [-0.25, -0.2) is 0 Å². The van der Waals surface area contributed by atoms with Crippen molar-refractivity contribution in [1.29, 1.82) is 0 Å². The molecule has 0 aliphatic heterocycles. The van der Waals surface area contributed by atoms with E-state index in [1.54, 1.807) is 0 Å². The molecule has 0 saturated heterocycles. The van der Waals surface area contributed by atoms with E-state index in [-0.39, 0.29) is 12.5 Å². The topological polar surface area (TPSA) is 40.5 Å². The summed E-state index contributed by atoms with van der Waals surface area (Å²) in [6.45, 7) is 14.0. The summed E-state index contributed by atoms with van der Waals surface area (Å²) in [5.41, 5.74) is 0. The number of quaternary nitrogens is 1. The number of aliphatic hydroxyl groups excluding tert-OH is 1. The van der Waals surface area contributed by atoms with Crippen molar-refractivity contribution in [1.82, 2.24) is 4.90 Å².